The van der Waals surface area contributed by atoms with Gasteiger partial charge in [0.25, 0.3) is 0 Å². The van der Waals surface area contributed by atoms with Crippen molar-refractivity contribution in [1.29, 1.82) is 0 Å². The molecule has 1 saturated carbocycles. The van der Waals surface area contributed by atoms with Crippen LogP contribution in [0, 0.1) is 5.92 Å². The molecule has 0 bridgehead atoms. The highest BCUT2D eigenvalue weighted by Crippen LogP contribution is 2.19. The lowest BCUT2D eigenvalue weighted by atomic mass is 9.95. The van der Waals surface area contributed by atoms with Crippen molar-refractivity contribution < 1.29 is 9.53 Å². The molecule has 0 aromatic carbocycles. The van der Waals surface area contributed by atoms with Gasteiger partial charge in [0.1, 0.15) is 0 Å². The zero-order valence-corrected chi connectivity index (χ0v) is 11.5. The Bertz CT molecular complexity index is 263. The highest BCUT2D eigenvalue weighted by molar-refractivity contribution is 5.74. The molecule has 0 spiro atoms. The van der Waals surface area contributed by atoms with Crippen molar-refractivity contribution in [2.45, 2.75) is 51.0 Å². The number of carbonyl (C=O) groups is 1. The summed E-state index contributed by atoms with van der Waals surface area (Å²) in [5.41, 5.74) is 0. The lowest BCUT2D eigenvalue weighted by Crippen LogP contribution is -2.49. The van der Waals surface area contributed by atoms with Gasteiger partial charge in [0, 0.05) is 32.2 Å². The van der Waals surface area contributed by atoms with Crippen molar-refractivity contribution in [3.8, 4) is 0 Å². The number of rotatable bonds is 3. The molecule has 1 N–H and O–H groups in total. The third-order valence-electron chi connectivity index (χ3n) is 4.14. The topological polar surface area (TPSA) is 41.6 Å². The second-order valence-corrected chi connectivity index (χ2v) is 5.69. The third-order valence-corrected chi connectivity index (χ3v) is 4.14. The standard InChI is InChI=1S/C14H26N2O2/c1-18-11-12-6-5-9-16(10-12)14(17)15-13-7-3-2-4-8-13/h12-13H,2-11H2,1H3,(H,15,17)/t12-/m1/s1. The molecule has 1 heterocycles. The van der Waals surface area contributed by atoms with Crippen LogP contribution in [0.2, 0.25) is 0 Å². The second kappa shape index (κ2) is 6.98. The summed E-state index contributed by atoms with van der Waals surface area (Å²) in [6.07, 6.45) is 8.44. The van der Waals surface area contributed by atoms with Gasteiger partial charge in [0.2, 0.25) is 0 Å². The maximum atomic E-state index is 12.2. The van der Waals surface area contributed by atoms with Crippen LogP contribution in [0.15, 0.2) is 0 Å². The van der Waals surface area contributed by atoms with Crippen LogP contribution in [-0.2, 0) is 4.74 Å². The monoisotopic (exact) mass is 254 g/mol. The fourth-order valence-electron chi connectivity index (χ4n) is 3.13. The maximum absolute atomic E-state index is 12.2. The van der Waals surface area contributed by atoms with Gasteiger partial charge in [0.15, 0.2) is 0 Å². The number of amides is 2. The third kappa shape index (κ3) is 3.87. The summed E-state index contributed by atoms with van der Waals surface area (Å²) >= 11 is 0. The van der Waals surface area contributed by atoms with Gasteiger partial charge in [-0.1, -0.05) is 19.3 Å². The van der Waals surface area contributed by atoms with E-state index >= 15 is 0 Å². The van der Waals surface area contributed by atoms with E-state index in [0.717, 1.165) is 39.0 Å². The summed E-state index contributed by atoms with van der Waals surface area (Å²) in [6.45, 7) is 2.53. The molecule has 0 aromatic heterocycles. The molecule has 1 aliphatic carbocycles. The lowest BCUT2D eigenvalue weighted by Gasteiger charge is -2.34. The molecular weight excluding hydrogens is 228 g/mol. The number of hydrogen-bond donors (Lipinski definition) is 1. The molecule has 0 unspecified atom stereocenters. The van der Waals surface area contributed by atoms with E-state index in [0.29, 0.717) is 12.0 Å². The quantitative estimate of drug-likeness (QED) is 0.840. The molecule has 0 aromatic rings. The summed E-state index contributed by atoms with van der Waals surface area (Å²) in [7, 11) is 1.74. The first kappa shape index (κ1) is 13.7. The largest absolute Gasteiger partial charge is 0.384 e. The predicted molar refractivity (Wildman–Crippen MR) is 71.6 cm³/mol. The summed E-state index contributed by atoms with van der Waals surface area (Å²) in [6, 6.07) is 0.553. The lowest BCUT2D eigenvalue weighted by molar-refractivity contribution is 0.0990. The smallest absolute Gasteiger partial charge is 0.317 e. The number of hydrogen-bond acceptors (Lipinski definition) is 2. The molecule has 4 heteroatoms. The minimum atomic E-state index is 0.141. The molecule has 1 atom stereocenters. The Balaban J connectivity index is 1.76. The maximum Gasteiger partial charge on any atom is 0.317 e. The first-order chi connectivity index (χ1) is 8.79. The van der Waals surface area contributed by atoms with Crippen LogP contribution in [-0.4, -0.2) is 43.8 Å². The normalized spacial score (nSPS) is 26.1. The Morgan fingerprint density at radius 3 is 2.72 bits per heavy atom. The first-order valence-corrected chi connectivity index (χ1v) is 7.34. The van der Waals surface area contributed by atoms with Crippen LogP contribution < -0.4 is 5.32 Å². The van der Waals surface area contributed by atoms with Crippen LogP contribution >= 0.6 is 0 Å². The molecule has 2 aliphatic rings. The van der Waals surface area contributed by atoms with Gasteiger partial charge in [-0.25, -0.2) is 4.79 Å². The van der Waals surface area contributed by atoms with E-state index in [1.54, 1.807) is 7.11 Å². The van der Waals surface area contributed by atoms with E-state index in [1.165, 1.54) is 25.7 Å². The minimum absolute atomic E-state index is 0.141. The van der Waals surface area contributed by atoms with Crippen LogP contribution in [0.3, 0.4) is 0 Å². The Morgan fingerprint density at radius 1 is 1.22 bits per heavy atom. The highest BCUT2D eigenvalue weighted by Gasteiger charge is 2.25. The van der Waals surface area contributed by atoms with Crippen LogP contribution in [0.25, 0.3) is 0 Å². The minimum Gasteiger partial charge on any atom is -0.384 e. The van der Waals surface area contributed by atoms with Crippen molar-refractivity contribution in [3.63, 3.8) is 0 Å². The van der Waals surface area contributed by atoms with Crippen molar-refractivity contribution in [2.24, 2.45) is 5.92 Å². The van der Waals surface area contributed by atoms with Crippen molar-refractivity contribution in [2.75, 3.05) is 26.8 Å². The van der Waals surface area contributed by atoms with Crippen LogP contribution in [0.1, 0.15) is 44.9 Å². The average Bonchev–Trinajstić information content (AvgIpc) is 2.40. The van der Waals surface area contributed by atoms with Crippen molar-refractivity contribution >= 4 is 6.03 Å². The average molecular weight is 254 g/mol. The van der Waals surface area contributed by atoms with Gasteiger partial charge in [-0.05, 0) is 25.7 Å². The Hall–Kier alpha value is -0.770. The molecule has 1 aliphatic heterocycles. The van der Waals surface area contributed by atoms with Gasteiger partial charge >= 0.3 is 6.03 Å². The summed E-state index contributed by atoms with van der Waals surface area (Å²) in [4.78, 5) is 14.2. The van der Waals surface area contributed by atoms with Gasteiger partial charge in [-0.2, -0.15) is 0 Å². The molecule has 2 rings (SSSR count). The van der Waals surface area contributed by atoms with Crippen molar-refractivity contribution in [1.82, 2.24) is 10.2 Å². The number of nitrogens with zero attached hydrogens (tertiary/aromatic N) is 1. The molecule has 2 fully saturated rings. The summed E-state index contributed by atoms with van der Waals surface area (Å²) < 4.78 is 5.20. The number of methoxy groups -OCH3 is 1. The van der Waals surface area contributed by atoms with Crippen molar-refractivity contribution in [3.05, 3.63) is 0 Å². The molecule has 1 saturated heterocycles. The van der Waals surface area contributed by atoms with Crippen LogP contribution in [0.4, 0.5) is 4.79 Å². The zero-order chi connectivity index (χ0) is 12.8. The summed E-state index contributed by atoms with van der Waals surface area (Å²) in [5.74, 6) is 0.515. The van der Waals surface area contributed by atoms with E-state index in [-0.39, 0.29) is 6.03 Å². The predicted octanol–water partition coefficient (Wildman–Crippen LogP) is 2.39. The fourth-order valence-corrected chi connectivity index (χ4v) is 3.13. The molecule has 0 radical (unpaired) electrons. The van der Waals surface area contributed by atoms with E-state index in [2.05, 4.69) is 5.32 Å². The van der Waals surface area contributed by atoms with Gasteiger partial charge in [-0.3, -0.25) is 0 Å². The van der Waals surface area contributed by atoms with E-state index < -0.39 is 0 Å². The first-order valence-electron chi connectivity index (χ1n) is 7.34. The molecule has 18 heavy (non-hydrogen) atoms. The number of nitrogens with one attached hydrogen (secondary N) is 1. The Morgan fingerprint density at radius 2 is 2.00 bits per heavy atom. The number of ether oxygens (including phenoxy) is 1. The molecular formula is C14H26N2O2. The van der Waals surface area contributed by atoms with Gasteiger partial charge < -0.3 is 15.0 Å². The highest BCUT2D eigenvalue weighted by atomic mass is 16.5. The Labute approximate surface area is 110 Å². The number of piperidine rings is 1. The van der Waals surface area contributed by atoms with Gasteiger partial charge in [-0.15, -0.1) is 0 Å². The van der Waals surface area contributed by atoms with E-state index in [4.69, 9.17) is 4.74 Å². The zero-order valence-electron chi connectivity index (χ0n) is 11.5. The number of likely N-dealkylation sites (tertiary alicyclic amines) is 1. The van der Waals surface area contributed by atoms with Crippen LogP contribution in [0.5, 0.6) is 0 Å². The Kier molecular flexibility index (Phi) is 5.29. The molecule has 2 amide bonds. The van der Waals surface area contributed by atoms with E-state index in [1.807, 2.05) is 4.90 Å². The second-order valence-electron chi connectivity index (χ2n) is 5.69. The number of urea groups is 1. The van der Waals surface area contributed by atoms with Gasteiger partial charge in [0.05, 0.1) is 6.61 Å². The fraction of sp³-hybridized carbons (Fsp3) is 0.929. The molecule has 4 nitrogen and oxygen atoms in total. The molecule has 104 valence electrons. The SMILES string of the molecule is COC[C@@H]1CCCN(C(=O)NC2CCCCC2)C1. The summed E-state index contributed by atoms with van der Waals surface area (Å²) in [5, 5.41) is 3.20. The van der Waals surface area contributed by atoms with E-state index in [9.17, 15) is 4.79 Å². The number of carbonyl (C=O) groups excluding carboxylic acids is 1.